The summed E-state index contributed by atoms with van der Waals surface area (Å²) in [5, 5.41) is 0. The van der Waals surface area contributed by atoms with Crippen LogP contribution in [0.25, 0.3) is 0 Å². The molecular formula is C49H62. The molecule has 16 atom stereocenters. The first-order chi connectivity index (χ1) is 24.3. The fraction of sp³-hybridized carbons (Fsp3) is 0.755. The molecule has 49 heavy (non-hydrogen) atoms. The Kier molecular flexibility index (Phi) is 5.97. The van der Waals surface area contributed by atoms with Gasteiger partial charge in [0.15, 0.2) is 0 Å². The zero-order chi connectivity index (χ0) is 31.6. The minimum absolute atomic E-state index is 0.478. The maximum atomic E-state index is 2.82. The second-order valence-corrected chi connectivity index (χ2v) is 21.1. The van der Waals surface area contributed by atoms with Gasteiger partial charge in [0, 0.05) is 10.8 Å². The maximum Gasteiger partial charge on any atom is 0.00486 e. The second kappa shape index (κ2) is 10.1. The van der Waals surface area contributed by atoms with Crippen molar-refractivity contribution >= 4 is 0 Å². The summed E-state index contributed by atoms with van der Waals surface area (Å²) in [4.78, 5) is 0. The Morgan fingerprint density at radius 1 is 0.347 bits per heavy atom. The molecule has 9 bridgehead atoms. The Morgan fingerprint density at radius 3 is 1.22 bits per heavy atom. The zero-order valence-electron chi connectivity index (χ0n) is 30.3. The largest absolute Gasteiger partial charge is 0.0587 e. The molecule has 0 saturated heterocycles. The summed E-state index contributed by atoms with van der Waals surface area (Å²) in [6.45, 7) is 0. The zero-order valence-corrected chi connectivity index (χ0v) is 30.3. The van der Waals surface area contributed by atoms with Crippen LogP contribution >= 0.6 is 0 Å². The molecule has 0 aromatic heterocycles. The van der Waals surface area contributed by atoms with Gasteiger partial charge < -0.3 is 0 Å². The molecule has 14 aliphatic carbocycles. The van der Waals surface area contributed by atoms with E-state index < -0.39 is 0 Å². The lowest BCUT2D eigenvalue weighted by Crippen LogP contribution is -2.79. The van der Waals surface area contributed by atoms with Gasteiger partial charge in [-0.25, -0.2) is 0 Å². The molecule has 0 nitrogen and oxygen atoms in total. The third kappa shape index (κ3) is 3.39. The van der Waals surface area contributed by atoms with Gasteiger partial charge in [-0.2, -0.15) is 0 Å². The highest BCUT2D eigenvalue weighted by atomic mass is 14.8. The van der Waals surface area contributed by atoms with Crippen molar-refractivity contribution in [2.24, 2.45) is 94.7 Å². The van der Waals surface area contributed by atoms with Crippen molar-refractivity contribution < 1.29 is 0 Å². The molecule has 16 rings (SSSR count). The standard InChI is InChI=1S/C49H62/c1-2-4-28-6-18-36(19-7-28)48-38-22-14-30-10-12-32-26-33-13-11-31-15-23-39-25-17-35-27-34(16-24-38)46(48)43-42(40(32)44(30)48)41(33)45(31)49(39,47(35)43)37-20-8-29(5-3-1)9-21-37/h6-9,18-21,30-35,38-47H,1-5,10-17,22-27H2. The van der Waals surface area contributed by atoms with Crippen LogP contribution in [-0.2, 0) is 23.7 Å². The van der Waals surface area contributed by atoms with E-state index in [9.17, 15) is 0 Å². The number of hydrogen-bond donors (Lipinski definition) is 0. The summed E-state index contributed by atoms with van der Waals surface area (Å²) in [5.41, 5.74) is 8.01. The lowest BCUT2D eigenvalue weighted by atomic mass is 9.21. The Bertz CT molecular complexity index is 1520. The van der Waals surface area contributed by atoms with Gasteiger partial charge in [-0.15, -0.1) is 0 Å². The average Bonchev–Trinajstić information content (AvgIpc) is 3.15. The van der Waals surface area contributed by atoms with Crippen LogP contribution in [0.2, 0.25) is 0 Å². The molecule has 16 unspecified atom stereocenters. The van der Waals surface area contributed by atoms with Crippen molar-refractivity contribution in [1.82, 2.24) is 0 Å². The maximum absolute atomic E-state index is 2.82. The van der Waals surface area contributed by atoms with E-state index in [4.69, 9.17) is 0 Å². The molecule has 2 spiro atoms. The Morgan fingerprint density at radius 2 is 0.735 bits per heavy atom. The quantitative estimate of drug-likeness (QED) is 0.266. The summed E-state index contributed by atoms with van der Waals surface area (Å²) in [6, 6.07) is 22.0. The van der Waals surface area contributed by atoms with Crippen molar-refractivity contribution in [3.8, 4) is 0 Å². The van der Waals surface area contributed by atoms with Crippen LogP contribution in [-0.4, -0.2) is 0 Å². The van der Waals surface area contributed by atoms with Gasteiger partial charge in [-0.05, 0) is 233 Å². The fourth-order valence-electron chi connectivity index (χ4n) is 20.2. The molecule has 10 saturated carbocycles. The molecule has 0 heteroatoms. The Balaban J connectivity index is 1.12. The van der Waals surface area contributed by atoms with Crippen LogP contribution in [0.15, 0.2) is 48.5 Å². The molecule has 0 heterocycles. The first kappa shape index (κ1) is 29.0. The summed E-state index contributed by atoms with van der Waals surface area (Å²) >= 11 is 0. The fourth-order valence-corrected chi connectivity index (χ4v) is 20.2. The van der Waals surface area contributed by atoms with Crippen molar-refractivity contribution in [3.05, 3.63) is 70.8 Å². The van der Waals surface area contributed by atoms with Gasteiger partial charge in [-0.1, -0.05) is 55.0 Å². The van der Waals surface area contributed by atoms with Crippen molar-refractivity contribution in [2.45, 2.75) is 133 Å². The van der Waals surface area contributed by atoms with Crippen LogP contribution in [0.1, 0.15) is 131 Å². The van der Waals surface area contributed by atoms with Gasteiger partial charge in [0.2, 0.25) is 0 Å². The number of rotatable bonds is 0. The third-order valence-electron chi connectivity index (χ3n) is 20.6. The van der Waals surface area contributed by atoms with E-state index in [2.05, 4.69) is 48.5 Å². The minimum atomic E-state index is 0.478. The summed E-state index contributed by atoms with van der Waals surface area (Å²) in [6.07, 6.45) is 28.8. The lowest BCUT2D eigenvalue weighted by Gasteiger charge is -2.83. The number of benzene rings is 2. The van der Waals surface area contributed by atoms with E-state index in [1.54, 1.807) is 101 Å². The van der Waals surface area contributed by atoms with E-state index in [1.807, 2.05) is 11.1 Å². The highest BCUT2D eigenvalue weighted by Crippen LogP contribution is 2.84. The molecule has 0 N–H and O–H groups in total. The predicted molar refractivity (Wildman–Crippen MR) is 198 cm³/mol. The van der Waals surface area contributed by atoms with E-state index in [0.29, 0.717) is 10.8 Å². The van der Waals surface area contributed by atoms with Gasteiger partial charge in [0.05, 0.1) is 0 Å². The molecule has 10 fully saturated rings. The summed E-state index contributed by atoms with van der Waals surface area (Å²) in [5.74, 6) is 16.2. The van der Waals surface area contributed by atoms with Crippen LogP contribution < -0.4 is 0 Å². The van der Waals surface area contributed by atoms with Crippen molar-refractivity contribution in [3.63, 3.8) is 0 Å². The lowest BCUT2D eigenvalue weighted by molar-refractivity contribution is -0.315. The first-order valence-corrected chi connectivity index (χ1v) is 22.4. The Hall–Kier alpha value is -1.56. The van der Waals surface area contributed by atoms with Crippen LogP contribution in [0.5, 0.6) is 0 Å². The smallest absolute Gasteiger partial charge is 0.00486 e. The number of hydrogen-bond acceptors (Lipinski definition) is 0. The van der Waals surface area contributed by atoms with E-state index in [0.717, 1.165) is 94.7 Å². The van der Waals surface area contributed by atoms with E-state index in [1.165, 1.54) is 32.1 Å². The molecule has 2 aromatic rings. The monoisotopic (exact) mass is 650 g/mol. The second-order valence-electron chi connectivity index (χ2n) is 21.1. The van der Waals surface area contributed by atoms with Gasteiger partial charge in [-0.3, -0.25) is 0 Å². The van der Waals surface area contributed by atoms with Crippen molar-refractivity contribution in [1.29, 1.82) is 0 Å². The molecule has 14 aliphatic rings. The van der Waals surface area contributed by atoms with Gasteiger partial charge >= 0.3 is 0 Å². The highest BCUT2D eigenvalue weighted by Gasteiger charge is 2.80. The SMILES string of the molecule is c1cc2ccc1CCCCCc1ccc(cc1)C13C4CCC5CCC6CC7CCC8CCC9CCC%10CC(CC4)C1C1C(C7C8C29C%101)C6C53. The summed E-state index contributed by atoms with van der Waals surface area (Å²) in [7, 11) is 0. The normalized spacial score (nSPS) is 55.2. The minimum Gasteiger partial charge on any atom is -0.0587 e. The number of aryl methyl sites for hydroxylation is 2. The van der Waals surface area contributed by atoms with Crippen LogP contribution in [0, 0.1) is 94.7 Å². The highest BCUT2D eigenvalue weighted by molar-refractivity contribution is 5.43. The molecular weight excluding hydrogens is 589 g/mol. The third-order valence-corrected chi connectivity index (χ3v) is 20.6. The topological polar surface area (TPSA) is 0 Å². The van der Waals surface area contributed by atoms with Gasteiger partial charge in [0.1, 0.15) is 0 Å². The van der Waals surface area contributed by atoms with Crippen molar-refractivity contribution in [2.75, 3.05) is 0 Å². The van der Waals surface area contributed by atoms with Crippen LogP contribution in [0.3, 0.4) is 0 Å². The van der Waals surface area contributed by atoms with Crippen LogP contribution in [0.4, 0.5) is 0 Å². The van der Waals surface area contributed by atoms with E-state index >= 15 is 0 Å². The van der Waals surface area contributed by atoms with Gasteiger partial charge in [0.25, 0.3) is 0 Å². The first-order valence-electron chi connectivity index (χ1n) is 22.4. The molecule has 0 aliphatic heterocycles. The molecule has 2 aromatic carbocycles. The average molecular weight is 651 g/mol. The predicted octanol–water partition coefficient (Wildman–Crippen LogP) is 11.6. The van der Waals surface area contributed by atoms with E-state index in [-0.39, 0.29) is 0 Å². The summed E-state index contributed by atoms with van der Waals surface area (Å²) < 4.78 is 0. The molecule has 258 valence electrons. The molecule has 0 radical (unpaired) electrons. The Labute approximate surface area is 297 Å². The molecule has 0 amide bonds.